The van der Waals surface area contributed by atoms with Gasteiger partial charge in [-0.3, -0.25) is 19.9 Å². The topological polar surface area (TPSA) is 222 Å². The summed E-state index contributed by atoms with van der Waals surface area (Å²) < 4.78 is 40.0. The van der Waals surface area contributed by atoms with Gasteiger partial charge in [0.1, 0.15) is 35.6 Å². The highest BCUT2D eigenvalue weighted by atomic mass is 32.1. The minimum absolute atomic E-state index is 0.0469. The lowest BCUT2D eigenvalue weighted by Gasteiger charge is -2.32. The third kappa shape index (κ3) is 22.9. The molecule has 5 N–H and O–H groups in total. The number of aliphatic imine (C=N–C) groups is 1. The predicted molar refractivity (Wildman–Crippen MR) is 309 cm³/mol. The van der Waals surface area contributed by atoms with Crippen LogP contribution < -0.4 is 40.7 Å². The molecule has 5 rings (SSSR count). The third-order valence-corrected chi connectivity index (χ3v) is 13.1. The van der Waals surface area contributed by atoms with Crippen LogP contribution in [-0.2, 0) is 36.6 Å². The number of hydrazone groups is 1. The first-order valence-corrected chi connectivity index (χ1v) is 27.3. The van der Waals surface area contributed by atoms with E-state index in [0.717, 1.165) is 67.8 Å². The van der Waals surface area contributed by atoms with Gasteiger partial charge in [-0.1, -0.05) is 50.4 Å². The zero-order chi connectivity index (χ0) is 55.7. The Morgan fingerprint density at radius 2 is 1.50 bits per heavy atom. The largest absolute Gasteiger partial charge is 0.497 e. The molecule has 1 atom stereocenters. The molecular weight excluding hydrogens is 1010 g/mol. The molecule has 3 aromatic carbocycles. The van der Waals surface area contributed by atoms with Crippen molar-refractivity contribution in [3.05, 3.63) is 126 Å². The van der Waals surface area contributed by atoms with Gasteiger partial charge >= 0.3 is 6.03 Å². The second-order valence-corrected chi connectivity index (χ2v) is 19.0. The number of methoxy groups -OCH3 is 2. The van der Waals surface area contributed by atoms with Crippen molar-refractivity contribution in [2.75, 3.05) is 111 Å². The van der Waals surface area contributed by atoms with Crippen LogP contribution in [-0.4, -0.2) is 151 Å². The van der Waals surface area contributed by atoms with Crippen LogP contribution in [0.3, 0.4) is 0 Å². The van der Waals surface area contributed by atoms with Crippen molar-refractivity contribution in [1.82, 2.24) is 20.1 Å². The van der Waals surface area contributed by atoms with Crippen molar-refractivity contribution in [2.45, 2.75) is 70.4 Å². The van der Waals surface area contributed by atoms with Crippen LogP contribution in [0.1, 0.15) is 68.3 Å². The van der Waals surface area contributed by atoms with Crippen molar-refractivity contribution in [3.8, 4) is 23.0 Å². The van der Waals surface area contributed by atoms with Gasteiger partial charge in [-0.2, -0.15) is 5.10 Å². The SMILES string of the molecule is C=C/C=C(\C=C)CNC(=O)C(c1cc(OC)cc(OC)c1)N(C(=O)CCc1ccc(OCCCCN(C)CCOCCOCC/C(C=NCCOCCOc2ccc(NC(=O)Nc3nc(CC)cs3)cc2)=N/N)cc1)C1CC1. The highest BCUT2D eigenvalue weighted by molar-refractivity contribution is 7.13. The second-order valence-electron chi connectivity index (χ2n) is 18.2. The number of anilines is 2. The number of hydrogen-bond donors (Lipinski definition) is 4. The maximum Gasteiger partial charge on any atom is 0.325 e. The molecule has 1 heterocycles. The Bertz CT molecular complexity index is 2530. The number of nitrogens with one attached hydrogen (secondary N) is 3. The number of carbonyl (C=O) groups excluding carboxylic acids is 3. The van der Waals surface area contributed by atoms with Gasteiger partial charge in [0.05, 0.1) is 78.4 Å². The van der Waals surface area contributed by atoms with E-state index >= 15 is 0 Å². The Morgan fingerprint density at radius 3 is 2.15 bits per heavy atom. The molecule has 0 spiro atoms. The van der Waals surface area contributed by atoms with Gasteiger partial charge in [-0.05, 0) is 117 Å². The molecule has 1 aliphatic carbocycles. The highest BCUT2D eigenvalue weighted by Gasteiger charge is 2.41. The first kappa shape index (κ1) is 61.7. The van der Waals surface area contributed by atoms with E-state index in [2.05, 4.69) is 56.1 Å². The van der Waals surface area contributed by atoms with Crippen LogP contribution in [0, 0.1) is 0 Å². The summed E-state index contributed by atoms with van der Waals surface area (Å²) in [6.07, 6.45) is 12.4. The number of aryl methyl sites for hydroxylation is 2. The summed E-state index contributed by atoms with van der Waals surface area (Å²) in [5, 5.41) is 14.8. The van der Waals surface area contributed by atoms with E-state index in [1.54, 1.807) is 86.0 Å². The van der Waals surface area contributed by atoms with Gasteiger partial charge in [-0.15, -0.1) is 11.3 Å². The summed E-state index contributed by atoms with van der Waals surface area (Å²) in [5.74, 6) is 7.66. The summed E-state index contributed by atoms with van der Waals surface area (Å²) in [4.78, 5) is 53.0. The third-order valence-electron chi connectivity index (χ3n) is 12.3. The summed E-state index contributed by atoms with van der Waals surface area (Å²) in [6.45, 7) is 15.8. The van der Waals surface area contributed by atoms with Gasteiger partial charge in [0.2, 0.25) is 11.8 Å². The molecule has 422 valence electrons. The number of nitrogens with two attached hydrogens (primary N) is 1. The number of urea groups is 1. The van der Waals surface area contributed by atoms with E-state index in [0.29, 0.717) is 112 Å². The second kappa shape index (κ2) is 35.3. The van der Waals surface area contributed by atoms with Crippen LogP contribution in [0.4, 0.5) is 15.6 Å². The molecule has 0 aliphatic heterocycles. The predicted octanol–water partition coefficient (Wildman–Crippen LogP) is 8.44. The fourth-order valence-corrected chi connectivity index (χ4v) is 8.59. The van der Waals surface area contributed by atoms with E-state index in [4.69, 9.17) is 39.0 Å². The van der Waals surface area contributed by atoms with Crippen LogP contribution in [0.15, 0.2) is 119 Å². The van der Waals surface area contributed by atoms with Crippen molar-refractivity contribution in [1.29, 1.82) is 0 Å². The average Bonchev–Trinajstić information content (AvgIpc) is 4.26. The van der Waals surface area contributed by atoms with Crippen LogP contribution >= 0.6 is 11.3 Å². The van der Waals surface area contributed by atoms with E-state index in [1.165, 1.54) is 11.3 Å². The zero-order valence-corrected chi connectivity index (χ0v) is 46.6. The molecule has 1 fully saturated rings. The molecule has 1 aliphatic rings. The first-order valence-electron chi connectivity index (χ1n) is 26.5. The first-order chi connectivity index (χ1) is 38.0. The van der Waals surface area contributed by atoms with Gasteiger partial charge in [-0.25, -0.2) is 9.78 Å². The molecule has 1 saturated carbocycles. The number of benzene rings is 3. The average molecular weight is 1090 g/mol. The number of unbranched alkanes of at least 4 members (excludes halogenated alkanes) is 1. The molecule has 0 radical (unpaired) electrons. The molecule has 1 aromatic heterocycles. The number of ether oxygens (including phenoxy) is 7. The molecule has 1 unspecified atom stereocenters. The molecule has 78 heavy (non-hydrogen) atoms. The molecule has 4 amide bonds. The minimum Gasteiger partial charge on any atom is -0.497 e. The maximum atomic E-state index is 14.1. The number of hydrogen-bond acceptors (Lipinski definition) is 16. The Hall–Kier alpha value is -7.10. The number of carbonyl (C=O) groups is 3. The van der Waals surface area contributed by atoms with E-state index in [1.807, 2.05) is 36.6 Å². The Morgan fingerprint density at radius 1 is 0.821 bits per heavy atom. The zero-order valence-electron chi connectivity index (χ0n) is 45.8. The van der Waals surface area contributed by atoms with Crippen molar-refractivity contribution in [2.24, 2.45) is 15.9 Å². The van der Waals surface area contributed by atoms with Gasteiger partial charge in [0, 0.05) is 55.3 Å². The Labute approximate surface area is 463 Å². The number of nitrogens with zero attached hydrogens (tertiary/aromatic N) is 5. The van der Waals surface area contributed by atoms with Crippen molar-refractivity contribution < 1.29 is 47.5 Å². The number of likely N-dealkylation sites (N-methyl/N-ethyl adjacent to an activating group) is 1. The number of rotatable bonds is 39. The fourth-order valence-electron chi connectivity index (χ4n) is 7.80. The van der Waals surface area contributed by atoms with Crippen molar-refractivity contribution >= 4 is 51.9 Å². The van der Waals surface area contributed by atoms with Crippen LogP contribution in [0.2, 0.25) is 0 Å². The lowest BCUT2D eigenvalue weighted by atomic mass is 10.0. The Kier molecular flexibility index (Phi) is 28.0. The maximum absolute atomic E-state index is 14.1. The minimum atomic E-state index is -0.884. The number of amides is 4. The summed E-state index contributed by atoms with van der Waals surface area (Å²) in [6, 6.07) is 19.0. The summed E-state index contributed by atoms with van der Waals surface area (Å²) in [7, 11) is 5.19. The summed E-state index contributed by atoms with van der Waals surface area (Å²) >= 11 is 1.39. The lowest BCUT2D eigenvalue weighted by Crippen LogP contribution is -2.45. The van der Waals surface area contributed by atoms with Crippen LogP contribution in [0.25, 0.3) is 0 Å². The van der Waals surface area contributed by atoms with E-state index in [9.17, 15) is 14.4 Å². The highest BCUT2D eigenvalue weighted by Crippen LogP contribution is 2.38. The number of allylic oxidation sites excluding steroid dienone is 2. The van der Waals surface area contributed by atoms with E-state index in [-0.39, 0.29) is 36.9 Å². The quantitative estimate of drug-likeness (QED) is 0.0108. The van der Waals surface area contributed by atoms with Gasteiger partial charge in [0.15, 0.2) is 5.13 Å². The van der Waals surface area contributed by atoms with Gasteiger partial charge in [0.25, 0.3) is 0 Å². The molecular formula is C58H79N9O10S. The smallest absolute Gasteiger partial charge is 0.325 e. The van der Waals surface area contributed by atoms with E-state index < -0.39 is 6.04 Å². The normalized spacial score (nSPS) is 13.0. The molecule has 0 saturated heterocycles. The van der Waals surface area contributed by atoms with Crippen molar-refractivity contribution in [3.63, 3.8) is 0 Å². The number of thiazole rings is 1. The molecule has 4 aromatic rings. The monoisotopic (exact) mass is 1090 g/mol. The van der Waals surface area contributed by atoms with Gasteiger partial charge < -0.3 is 59.4 Å². The number of aromatic nitrogens is 1. The molecule has 0 bridgehead atoms. The van der Waals surface area contributed by atoms with Crippen LogP contribution in [0.5, 0.6) is 23.0 Å². The standard InChI is InChI=1S/C58H79N9O10S/c1-7-12-43(8-2)40-61-56(69)55(45-37-52(71-5)39-53(38-45)72-6)67(49-18-19-49)54(68)24-15-44-13-20-50(21-14-44)76-29-11-10-27-66(4)28-32-75-34-33-73-30-25-48(65-59)41-60-26-31-74-35-36-77-51-22-16-47(17-23-51)62-57(70)64-58-63-46(9-3)42-78-58/h7-8,12-14,16-17,20-23,37-39,41-42,49,55H,1-2,9-11,15,18-19,24-36,40,59H2,3-6H3,(H,61,69)(H2,62,63,64,70)/b43-12+,60-41?,65-48-. The Balaban J connectivity index is 0.869. The fraction of sp³-hybridized carbons (Fsp3) is 0.448. The lowest BCUT2D eigenvalue weighted by molar-refractivity contribution is -0.141. The summed E-state index contributed by atoms with van der Waals surface area (Å²) in [5.41, 5.74) is 4.62. The molecule has 19 nitrogen and oxygen atoms in total. The molecule has 20 heteroatoms.